The van der Waals surface area contributed by atoms with Crippen molar-refractivity contribution in [3.05, 3.63) is 71.3 Å². The summed E-state index contributed by atoms with van der Waals surface area (Å²) in [6.45, 7) is 2.08. The van der Waals surface area contributed by atoms with E-state index in [4.69, 9.17) is 4.74 Å². The number of ether oxygens (including phenoxy) is 1. The molecule has 0 aliphatic rings. The van der Waals surface area contributed by atoms with E-state index in [0.717, 1.165) is 0 Å². The highest BCUT2D eigenvalue weighted by Crippen LogP contribution is 2.20. The average Bonchev–Trinajstić information content (AvgIpc) is 3.09. The number of aromatic nitrogens is 3. The Hall–Kier alpha value is -2.77. The summed E-state index contributed by atoms with van der Waals surface area (Å²) in [6.07, 6.45) is 2.04. The van der Waals surface area contributed by atoms with Crippen LogP contribution in [0.5, 0.6) is 5.88 Å². The van der Waals surface area contributed by atoms with Crippen molar-refractivity contribution in [1.29, 1.82) is 0 Å². The van der Waals surface area contributed by atoms with Crippen LogP contribution in [0.15, 0.2) is 48.8 Å². The normalized spacial score (nSPS) is 11.1. The number of aliphatic hydroxyl groups excluding tert-OH is 1. The first-order valence-electron chi connectivity index (χ1n) is 7.85. The molecule has 0 aliphatic heterocycles. The summed E-state index contributed by atoms with van der Waals surface area (Å²) >= 11 is 0. The van der Waals surface area contributed by atoms with Crippen molar-refractivity contribution in [2.75, 3.05) is 0 Å². The van der Waals surface area contributed by atoms with Gasteiger partial charge in [-0.3, -0.25) is 0 Å². The SMILES string of the molecule is CCc1ccc(COc2ccnn2-c2cc(C(O)O)ccn2)cc1F. The zero-order valence-electron chi connectivity index (χ0n) is 13.6. The largest absolute Gasteiger partial charge is 0.473 e. The van der Waals surface area contributed by atoms with Crippen LogP contribution in [0.3, 0.4) is 0 Å². The lowest BCUT2D eigenvalue weighted by atomic mass is 10.1. The molecule has 0 unspecified atom stereocenters. The minimum absolute atomic E-state index is 0.176. The fraction of sp³-hybridized carbons (Fsp3) is 0.222. The van der Waals surface area contributed by atoms with E-state index in [1.807, 2.05) is 13.0 Å². The Kier molecular flexibility index (Phi) is 5.06. The van der Waals surface area contributed by atoms with Crippen LogP contribution in [0.25, 0.3) is 5.82 Å². The Morgan fingerprint density at radius 1 is 1.16 bits per heavy atom. The second-order valence-electron chi connectivity index (χ2n) is 5.47. The molecule has 0 aliphatic carbocycles. The molecule has 3 rings (SSSR count). The molecule has 0 spiro atoms. The molecule has 0 bridgehead atoms. The van der Waals surface area contributed by atoms with Crippen molar-refractivity contribution in [2.24, 2.45) is 0 Å². The lowest BCUT2D eigenvalue weighted by Crippen LogP contribution is -2.06. The third-order valence-corrected chi connectivity index (χ3v) is 3.78. The molecular weight excluding hydrogens is 325 g/mol. The first-order chi connectivity index (χ1) is 12.1. The van der Waals surface area contributed by atoms with E-state index in [0.29, 0.717) is 34.8 Å². The van der Waals surface area contributed by atoms with Crippen LogP contribution in [0.4, 0.5) is 4.39 Å². The smallest absolute Gasteiger partial charge is 0.218 e. The third kappa shape index (κ3) is 3.84. The standard InChI is InChI=1S/C18H18FN3O3/c1-2-13-4-3-12(9-15(13)19)11-25-17-6-8-21-22(17)16-10-14(18(23)24)5-7-20-16/h3-10,18,23-24H,2,11H2,1H3. The minimum Gasteiger partial charge on any atom is -0.473 e. The first kappa shape index (κ1) is 17.1. The quantitative estimate of drug-likeness (QED) is 0.672. The minimum atomic E-state index is -1.60. The van der Waals surface area contributed by atoms with Gasteiger partial charge in [-0.25, -0.2) is 9.37 Å². The van der Waals surface area contributed by atoms with Crippen molar-refractivity contribution >= 4 is 0 Å². The highest BCUT2D eigenvalue weighted by Gasteiger charge is 2.11. The number of halogens is 1. The van der Waals surface area contributed by atoms with Crippen LogP contribution in [-0.2, 0) is 13.0 Å². The maximum absolute atomic E-state index is 13.9. The molecule has 1 aromatic carbocycles. The van der Waals surface area contributed by atoms with Crippen LogP contribution in [0.2, 0.25) is 0 Å². The Labute approximate surface area is 144 Å². The third-order valence-electron chi connectivity index (χ3n) is 3.78. The van der Waals surface area contributed by atoms with Crippen LogP contribution >= 0.6 is 0 Å². The zero-order chi connectivity index (χ0) is 17.8. The number of pyridine rings is 1. The summed E-state index contributed by atoms with van der Waals surface area (Å²) in [6, 6.07) is 9.68. The Bertz CT molecular complexity index is 864. The number of nitrogens with zero attached hydrogens (tertiary/aromatic N) is 3. The van der Waals surface area contributed by atoms with Crippen molar-refractivity contribution < 1.29 is 19.3 Å². The van der Waals surface area contributed by atoms with Gasteiger partial charge >= 0.3 is 0 Å². The summed E-state index contributed by atoms with van der Waals surface area (Å²) < 4.78 is 21.0. The van der Waals surface area contributed by atoms with Crippen molar-refractivity contribution in [1.82, 2.24) is 14.8 Å². The molecular formula is C18H18FN3O3. The maximum atomic E-state index is 13.9. The Balaban J connectivity index is 1.78. The van der Waals surface area contributed by atoms with Gasteiger partial charge in [0.15, 0.2) is 12.1 Å². The molecule has 0 saturated carbocycles. The van der Waals surface area contributed by atoms with Crippen LogP contribution in [0, 0.1) is 5.82 Å². The van der Waals surface area contributed by atoms with E-state index >= 15 is 0 Å². The fourth-order valence-electron chi connectivity index (χ4n) is 2.41. The number of hydrogen-bond acceptors (Lipinski definition) is 5. The van der Waals surface area contributed by atoms with Crippen molar-refractivity contribution in [2.45, 2.75) is 26.2 Å². The molecule has 2 N–H and O–H groups in total. The van der Waals surface area contributed by atoms with Crippen molar-refractivity contribution in [3.8, 4) is 11.7 Å². The van der Waals surface area contributed by atoms with Gasteiger partial charge in [0.1, 0.15) is 12.4 Å². The number of rotatable bonds is 6. The summed E-state index contributed by atoms with van der Waals surface area (Å²) in [4.78, 5) is 4.15. The summed E-state index contributed by atoms with van der Waals surface area (Å²) in [7, 11) is 0. The number of benzene rings is 1. The summed E-state index contributed by atoms with van der Waals surface area (Å²) in [5, 5.41) is 22.7. The Morgan fingerprint density at radius 3 is 2.72 bits per heavy atom. The van der Waals surface area contributed by atoms with E-state index in [1.165, 1.54) is 29.1 Å². The van der Waals surface area contributed by atoms with E-state index in [-0.39, 0.29) is 12.4 Å². The van der Waals surface area contributed by atoms with Crippen LogP contribution in [0.1, 0.15) is 29.9 Å². The maximum Gasteiger partial charge on any atom is 0.218 e. The molecule has 0 fully saturated rings. The highest BCUT2D eigenvalue weighted by atomic mass is 19.1. The predicted octanol–water partition coefficient (Wildman–Crippen LogP) is 2.53. The monoisotopic (exact) mass is 343 g/mol. The first-order valence-corrected chi connectivity index (χ1v) is 7.85. The molecule has 130 valence electrons. The lowest BCUT2D eigenvalue weighted by Gasteiger charge is -2.11. The molecule has 3 aromatic rings. The van der Waals surface area contributed by atoms with Crippen LogP contribution in [-0.4, -0.2) is 25.0 Å². The van der Waals surface area contributed by atoms with Crippen LogP contribution < -0.4 is 4.74 Å². The van der Waals surface area contributed by atoms with Gasteiger partial charge in [0.25, 0.3) is 0 Å². The van der Waals surface area contributed by atoms with Gasteiger partial charge < -0.3 is 14.9 Å². The Morgan fingerprint density at radius 2 is 2.00 bits per heavy atom. The molecule has 0 saturated heterocycles. The second-order valence-corrected chi connectivity index (χ2v) is 5.47. The molecule has 0 radical (unpaired) electrons. The molecule has 25 heavy (non-hydrogen) atoms. The topological polar surface area (TPSA) is 80.4 Å². The fourth-order valence-corrected chi connectivity index (χ4v) is 2.41. The number of aliphatic hydroxyl groups is 2. The molecule has 6 nitrogen and oxygen atoms in total. The van der Waals surface area contributed by atoms with Gasteiger partial charge in [-0.15, -0.1) is 0 Å². The molecule has 2 heterocycles. The molecule has 2 aromatic heterocycles. The van der Waals surface area contributed by atoms with Gasteiger partial charge in [0.05, 0.1) is 6.20 Å². The summed E-state index contributed by atoms with van der Waals surface area (Å²) in [5.74, 6) is 0.554. The number of aryl methyl sites for hydroxylation is 1. The van der Waals surface area contributed by atoms with Gasteiger partial charge in [0, 0.05) is 17.8 Å². The summed E-state index contributed by atoms with van der Waals surface area (Å²) in [5.41, 5.74) is 1.66. The average molecular weight is 343 g/mol. The van der Waals surface area contributed by atoms with Crippen molar-refractivity contribution in [3.63, 3.8) is 0 Å². The van der Waals surface area contributed by atoms with Gasteiger partial charge in [0.2, 0.25) is 5.88 Å². The van der Waals surface area contributed by atoms with E-state index in [2.05, 4.69) is 10.1 Å². The lowest BCUT2D eigenvalue weighted by molar-refractivity contribution is -0.0425. The zero-order valence-corrected chi connectivity index (χ0v) is 13.6. The van der Waals surface area contributed by atoms with Gasteiger partial charge in [-0.2, -0.15) is 9.78 Å². The molecule has 0 amide bonds. The molecule has 7 heteroatoms. The highest BCUT2D eigenvalue weighted by molar-refractivity contribution is 5.32. The van der Waals surface area contributed by atoms with E-state index in [1.54, 1.807) is 18.3 Å². The van der Waals surface area contributed by atoms with E-state index < -0.39 is 6.29 Å². The second kappa shape index (κ2) is 7.42. The molecule has 0 atom stereocenters. The van der Waals surface area contributed by atoms with E-state index in [9.17, 15) is 14.6 Å². The van der Waals surface area contributed by atoms with Gasteiger partial charge in [-0.1, -0.05) is 19.1 Å². The predicted molar refractivity (Wildman–Crippen MR) is 88.6 cm³/mol. The van der Waals surface area contributed by atoms with Gasteiger partial charge in [-0.05, 0) is 35.7 Å². The number of hydrogen-bond donors (Lipinski definition) is 2.